The van der Waals surface area contributed by atoms with Gasteiger partial charge in [0.1, 0.15) is 4.88 Å². The van der Waals surface area contributed by atoms with Gasteiger partial charge in [0.15, 0.2) is 5.78 Å². The summed E-state index contributed by atoms with van der Waals surface area (Å²) >= 11 is 1.21. The number of carbonyl (C=O) groups excluding carboxylic acids is 1. The number of carbonyl (C=O) groups is 1. The first-order chi connectivity index (χ1) is 9.02. The summed E-state index contributed by atoms with van der Waals surface area (Å²) in [5, 5.41) is 4.00. The van der Waals surface area contributed by atoms with E-state index in [0.29, 0.717) is 11.3 Å². The Morgan fingerprint density at radius 3 is 2.42 bits per heavy atom. The van der Waals surface area contributed by atoms with Crippen molar-refractivity contribution in [3.05, 3.63) is 45.0 Å². The predicted octanol–water partition coefficient (Wildman–Crippen LogP) is 3.45. The second kappa shape index (κ2) is 5.61. The van der Waals surface area contributed by atoms with Crippen LogP contribution in [-0.2, 0) is 12.8 Å². The molecular weight excluding hydrogens is 256 g/mol. The van der Waals surface area contributed by atoms with Crippen molar-refractivity contribution in [2.45, 2.75) is 40.5 Å². The topological polar surface area (TPSA) is 42.9 Å². The van der Waals surface area contributed by atoms with Crippen LogP contribution in [0, 0.1) is 20.8 Å². The fourth-order valence-electron chi connectivity index (χ4n) is 2.38. The van der Waals surface area contributed by atoms with Crippen molar-refractivity contribution >= 4 is 17.3 Å². The lowest BCUT2D eigenvalue weighted by Crippen LogP contribution is -2.07. The molecule has 1 aromatic heterocycles. The third kappa shape index (κ3) is 2.89. The van der Waals surface area contributed by atoms with Crippen LogP contribution in [0.2, 0.25) is 0 Å². The van der Waals surface area contributed by atoms with Crippen LogP contribution in [0.15, 0.2) is 12.1 Å². The first-order valence-corrected chi connectivity index (χ1v) is 7.21. The molecule has 0 radical (unpaired) electrons. The molecule has 0 amide bonds. The van der Waals surface area contributed by atoms with E-state index in [1.54, 1.807) is 0 Å². The predicted molar refractivity (Wildman–Crippen MR) is 78.0 cm³/mol. The van der Waals surface area contributed by atoms with Crippen LogP contribution in [0.1, 0.15) is 44.5 Å². The van der Waals surface area contributed by atoms with Crippen molar-refractivity contribution in [2.75, 3.05) is 0 Å². The Kier molecular flexibility index (Phi) is 4.10. The molecule has 0 N–H and O–H groups in total. The quantitative estimate of drug-likeness (QED) is 0.802. The molecule has 19 heavy (non-hydrogen) atoms. The van der Waals surface area contributed by atoms with E-state index < -0.39 is 0 Å². The molecule has 0 saturated carbocycles. The maximum Gasteiger partial charge on any atom is 0.180 e. The van der Waals surface area contributed by atoms with Crippen LogP contribution >= 0.6 is 11.5 Å². The third-order valence-electron chi connectivity index (χ3n) is 3.32. The molecule has 4 heteroatoms. The number of aryl methyl sites for hydroxylation is 4. The highest BCUT2D eigenvalue weighted by Gasteiger charge is 2.17. The highest BCUT2D eigenvalue weighted by Crippen LogP contribution is 2.20. The molecule has 2 aromatic rings. The number of rotatable bonds is 4. The molecular formula is C15H18N2OS. The summed E-state index contributed by atoms with van der Waals surface area (Å²) in [6.07, 6.45) is 1.19. The maximum atomic E-state index is 12.4. The van der Waals surface area contributed by atoms with Gasteiger partial charge in [-0.3, -0.25) is 4.79 Å². The zero-order valence-corrected chi connectivity index (χ0v) is 12.6. The van der Waals surface area contributed by atoms with E-state index in [9.17, 15) is 4.79 Å². The summed E-state index contributed by atoms with van der Waals surface area (Å²) in [5.41, 5.74) is 5.55. The summed E-state index contributed by atoms with van der Waals surface area (Å²) in [4.78, 5) is 13.1. The van der Waals surface area contributed by atoms with E-state index in [0.717, 1.165) is 17.7 Å². The fourth-order valence-corrected chi connectivity index (χ4v) is 3.07. The Morgan fingerprint density at radius 2 is 1.84 bits per heavy atom. The monoisotopic (exact) mass is 274 g/mol. The van der Waals surface area contributed by atoms with Gasteiger partial charge in [0.25, 0.3) is 0 Å². The lowest BCUT2D eigenvalue weighted by molar-refractivity contribution is 0.0995. The smallest absolute Gasteiger partial charge is 0.180 e. The minimum absolute atomic E-state index is 0.127. The summed E-state index contributed by atoms with van der Waals surface area (Å²) in [5.74, 6) is 0.127. The Bertz CT molecular complexity index is 593. The lowest BCUT2D eigenvalue weighted by Gasteiger charge is -2.10. The number of aromatic nitrogens is 2. The zero-order chi connectivity index (χ0) is 14.0. The number of Topliss-reactive ketones (excluding diaryl/α,β-unsaturated/α-hetero) is 1. The average molecular weight is 274 g/mol. The van der Waals surface area contributed by atoms with Crippen molar-refractivity contribution in [1.29, 1.82) is 0 Å². The molecule has 0 saturated heterocycles. The first kappa shape index (κ1) is 13.9. The Labute approximate surface area is 117 Å². The molecule has 0 unspecified atom stereocenters. The molecule has 0 fully saturated rings. The zero-order valence-electron chi connectivity index (χ0n) is 11.8. The van der Waals surface area contributed by atoms with E-state index in [2.05, 4.69) is 42.5 Å². The number of hydrogen-bond acceptors (Lipinski definition) is 4. The van der Waals surface area contributed by atoms with Crippen LogP contribution in [0.3, 0.4) is 0 Å². The minimum Gasteiger partial charge on any atom is -0.293 e. The van der Waals surface area contributed by atoms with Gasteiger partial charge in [-0.25, -0.2) is 0 Å². The molecule has 1 heterocycles. The largest absolute Gasteiger partial charge is 0.293 e. The summed E-state index contributed by atoms with van der Waals surface area (Å²) in [6, 6.07) is 4.25. The molecule has 0 aliphatic heterocycles. The molecule has 3 nitrogen and oxygen atoms in total. The van der Waals surface area contributed by atoms with Gasteiger partial charge in [0.2, 0.25) is 0 Å². The Balaban J connectivity index is 2.29. The van der Waals surface area contributed by atoms with E-state index in [1.165, 1.54) is 28.2 Å². The summed E-state index contributed by atoms with van der Waals surface area (Å²) < 4.78 is 3.89. The SMILES string of the molecule is CCc1nnsc1C(=O)Cc1c(C)cc(C)cc1C. The Morgan fingerprint density at radius 1 is 1.21 bits per heavy atom. The number of benzene rings is 1. The van der Waals surface area contributed by atoms with Crippen molar-refractivity contribution < 1.29 is 4.79 Å². The first-order valence-electron chi connectivity index (χ1n) is 6.44. The molecule has 0 aliphatic rings. The second-order valence-corrected chi connectivity index (χ2v) is 5.63. The average Bonchev–Trinajstić information content (AvgIpc) is 2.81. The van der Waals surface area contributed by atoms with Crippen molar-refractivity contribution in [3.63, 3.8) is 0 Å². The Hall–Kier alpha value is -1.55. The number of hydrogen-bond donors (Lipinski definition) is 0. The third-order valence-corrected chi connectivity index (χ3v) is 4.13. The second-order valence-electron chi connectivity index (χ2n) is 4.88. The molecule has 100 valence electrons. The van der Waals surface area contributed by atoms with Gasteiger partial charge in [-0.2, -0.15) is 0 Å². The summed E-state index contributed by atoms with van der Waals surface area (Å²) in [6.45, 7) is 8.20. The van der Waals surface area contributed by atoms with Gasteiger partial charge in [-0.1, -0.05) is 29.1 Å². The number of nitrogens with zero attached hydrogens (tertiary/aromatic N) is 2. The highest BCUT2D eigenvalue weighted by atomic mass is 32.1. The van der Waals surface area contributed by atoms with E-state index in [4.69, 9.17) is 0 Å². The normalized spacial score (nSPS) is 10.7. The molecule has 0 bridgehead atoms. The van der Waals surface area contributed by atoms with Crippen LogP contribution in [-0.4, -0.2) is 15.4 Å². The lowest BCUT2D eigenvalue weighted by atomic mass is 9.95. The van der Waals surface area contributed by atoms with Crippen LogP contribution in [0.5, 0.6) is 0 Å². The minimum atomic E-state index is 0.127. The van der Waals surface area contributed by atoms with Crippen molar-refractivity contribution in [2.24, 2.45) is 0 Å². The van der Waals surface area contributed by atoms with Gasteiger partial charge < -0.3 is 0 Å². The van der Waals surface area contributed by atoms with Crippen LogP contribution in [0.25, 0.3) is 0 Å². The van der Waals surface area contributed by atoms with Crippen LogP contribution in [0.4, 0.5) is 0 Å². The summed E-state index contributed by atoms with van der Waals surface area (Å²) in [7, 11) is 0. The standard InChI is InChI=1S/C15H18N2OS/c1-5-13-15(19-17-16-13)14(18)8-12-10(3)6-9(2)7-11(12)4/h6-7H,5,8H2,1-4H3. The fraction of sp³-hybridized carbons (Fsp3) is 0.400. The highest BCUT2D eigenvalue weighted by molar-refractivity contribution is 7.08. The van der Waals surface area contributed by atoms with E-state index >= 15 is 0 Å². The molecule has 0 aliphatic carbocycles. The van der Waals surface area contributed by atoms with Crippen molar-refractivity contribution in [1.82, 2.24) is 9.59 Å². The molecule has 0 spiro atoms. The molecule has 0 atom stereocenters. The van der Waals surface area contributed by atoms with Gasteiger partial charge in [-0.05, 0) is 55.4 Å². The van der Waals surface area contributed by atoms with E-state index in [1.807, 2.05) is 6.92 Å². The van der Waals surface area contributed by atoms with Gasteiger partial charge in [-0.15, -0.1) is 5.10 Å². The van der Waals surface area contributed by atoms with Crippen molar-refractivity contribution in [3.8, 4) is 0 Å². The maximum absolute atomic E-state index is 12.4. The molecule has 2 rings (SSSR count). The molecule has 1 aromatic carbocycles. The van der Waals surface area contributed by atoms with Crippen LogP contribution < -0.4 is 0 Å². The van der Waals surface area contributed by atoms with E-state index in [-0.39, 0.29) is 5.78 Å². The number of ketones is 1. The van der Waals surface area contributed by atoms with Gasteiger partial charge in [0, 0.05) is 6.42 Å². The van der Waals surface area contributed by atoms with Gasteiger partial charge in [0.05, 0.1) is 5.69 Å². The van der Waals surface area contributed by atoms with Gasteiger partial charge >= 0.3 is 0 Å².